The van der Waals surface area contributed by atoms with Gasteiger partial charge in [0, 0.05) is 11.4 Å². The Bertz CT molecular complexity index is 906. The van der Waals surface area contributed by atoms with E-state index in [1.54, 1.807) is 19.2 Å². The molecular formula is C20H20N4O2. The average molecular weight is 348 g/mol. The first-order chi connectivity index (χ1) is 12.6. The van der Waals surface area contributed by atoms with Crippen molar-refractivity contribution in [3.63, 3.8) is 0 Å². The van der Waals surface area contributed by atoms with Gasteiger partial charge in [-0.15, -0.1) is 10.2 Å². The number of rotatable bonds is 5. The molecule has 2 aromatic carbocycles. The number of carbonyl (C=O) groups excluding carboxylic acids is 1. The third kappa shape index (κ3) is 3.97. The van der Waals surface area contributed by atoms with Crippen molar-refractivity contribution in [2.75, 3.05) is 17.7 Å². The molecule has 6 nitrogen and oxygen atoms in total. The van der Waals surface area contributed by atoms with Gasteiger partial charge < -0.3 is 15.4 Å². The third-order valence-corrected chi connectivity index (χ3v) is 4.11. The van der Waals surface area contributed by atoms with Gasteiger partial charge in [-0.2, -0.15) is 0 Å². The van der Waals surface area contributed by atoms with E-state index < -0.39 is 0 Å². The number of nitrogens with zero attached hydrogens (tertiary/aromatic N) is 2. The maximum Gasteiger partial charge on any atom is 0.276 e. The lowest BCUT2D eigenvalue weighted by molar-refractivity contribution is 0.102. The maximum absolute atomic E-state index is 12.4. The molecule has 3 aromatic rings. The van der Waals surface area contributed by atoms with Crippen molar-refractivity contribution in [1.29, 1.82) is 0 Å². The molecule has 1 amide bonds. The number of carbonyl (C=O) groups is 1. The summed E-state index contributed by atoms with van der Waals surface area (Å²) < 4.78 is 5.13. The summed E-state index contributed by atoms with van der Waals surface area (Å²) in [5.74, 6) is 1.04. The molecule has 6 heteroatoms. The molecule has 0 radical (unpaired) electrons. The van der Waals surface area contributed by atoms with Gasteiger partial charge in [-0.1, -0.05) is 12.1 Å². The molecule has 1 heterocycles. The number of hydrogen-bond donors (Lipinski definition) is 2. The van der Waals surface area contributed by atoms with Crippen LogP contribution in [0.25, 0.3) is 0 Å². The number of aryl methyl sites for hydroxylation is 1. The Morgan fingerprint density at radius 2 is 1.73 bits per heavy atom. The highest BCUT2D eigenvalue weighted by Gasteiger charge is 2.11. The van der Waals surface area contributed by atoms with Gasteiger partial charge in [-0.25, -0.2) is 0 Å². The molecular weight excluding hydrogens is 328 g/mol. The molecule has 26 heavy (non-hydrogen) atoms. The van der Waals surface area contributed by atoms with Gasteiger partial charge in [0.1, 0.15) is 5.75 Å². The molecule has 3 rings (SSSR count). The fraction of sp³-hybridized carbons (Fsp3) is 0.150. The minimum absolute atomic E-state index is 0.256. The van der Waals surface area contributed by atoms with Gasteiger partial charge >= 0.3 is 0 Å². The minimum Gasteiger partial charge on any atom is -0.497 e. The second kappa shape index (κ2) is 7.65. The van der Waals surface area contributed by atoms with Crippen LogP contribution in [0.4, 0.5) is 17.2 Å². The fourth-order valence-electron chi connectivity index (χ4n) is 2.42. The Hall–Kier alpha value is -3.41. The molecule has 0 bridgehead atoms. The highest BCUT2D eigenvalue weighted by molar-refractivity contribution is 6.03. The van der Waals surface area contributed by atoms with E-state index in [0.717, 1.165) is 28.3 Å². The van der Waals surface area contributed by atoms with Gasteiger partial charge in [0.05, 0.1) is 7.11 Å². The van der Waals surface area contributed by atoms with Crippen molar-refractivity contribution in [3.8, 4) is 5.75 Å². The smallest absolute Gasteiger partial charge is 0.276 e. The second-order valence-corrected chi connectivity index (χ2v) is 5.86. The molecule has 0 aliphatic rings. The van der Waals surface area contributed by atoms with Crippen LogP contribution in [0.1, 0.15) is 21.6 Å². The molecule has 0 atom stereocenters. The summed E-state index contributed by atoms with van der Waals surface area (Å²) >= 11 is 0. The van der Waals surface area contributed by atoms with E-state index in [-0.39, 0.29) is 11.6 Å². The zero-order valence-electron chi connectivity index (χ0n) is 14.9. The van der Waals surface area contributed by atoms with Gasteiger partial charge in [-0.3, -0.25) is 4.79 Å². The molecule has 132 valence electrons. The highest BCUT2D eigenvalue weighted by Crippen LogP contribution is 2.20. The van der Waals surface area contributed by atoms with Gasteiger partial charge in [0.25, 0.3) is 5.91 Å². The lowest BCUT2D eigenvalue weighted by atomic mass is 10.1. The molecule has 0 aliphatic heterocycles. The molecule has 0 fully saturated rings. The number of methoxy groups -OCH3 is 1. The summed E-state index contributed by atoms with van der Waals surface area (Å²) in [6.45, 7) is 3.98. The Morgan fingerprint density at radius 3 is 2.38 bits per heavy atom. The monoisotopic (exact) mass is 348 g/mol. The van der Waals surface area contributed by atoms with Crippen LogP contribution in [0.3, 0.4) is 0 Å². The minimum atomic E-state index is -0.290. The number of anilines is 3. The Balaban J connectivity index is 1.68. The summed E-state index contributed by atoms with van der Waals surface area (Å²) in [6, 6.07) is 16.6. The van der Waals surface area contributed by atoms with Crippen LogP contribution in [-0.2, 0) is 0 Å². The summed E-state index contributed by atoms with van der Waals surface area (Å²) in [7, 11) is 1.62. The van der Waals surface area contributed by atoms with Crippen LogP contribution in [0.2, 0.25) is 0 Å². The number of aromatic nitrogens is 2. The topological polar surface area (TPSA) is 76.1 Å². The average Bonchev–Trinajstić information content (AvgIpc) is 2.66. The number of ether oxygens (including phenoxy) is 1. The van der Waals surface area contributed by atoms with Crippen molar-refractivity contribution in [1.82, 2.24) is 10.2 Å². The van der Waals surface area contributed by atoms with E-state index in [9.17, 15) is 4.79 Å². The summed E-state index contributed by atoms with van der Waals surface area (Å²) in [5.41, 5.74) is 4.04. The lowest BCUT2D eigenvalue weighted by Crippen LogP contribution is -2.15. The number of nitrogens with one attached hydrogen (secondary N) is 2. The van der Waals surface area contributed by atoms with E-state index >= 15 is 0 Å². The number of hydrogen-bond acceptors (Lipinski definition) is 5. The van der Waals surface area contributed by atoms with Crippen LogP contribution in [0, 0.1) is 13.8 Å². The zero-order valence-corrected chi connectivity index (χ0v) is 14.9. The molecule has 0 saturated carbocycles. The summed E-state index contributed by atoms with van der Waals surface area (Å²) in [4.78, 5) is 12.4. The van der Waals surface area contributed by atoms with Crippen LogP contribution in [-0.4, -0.2) is 23.2 Å². The SMILES string of the molecule is COc1ccc(Nc2ccc(C(=O)Nc3cccc(C)c3C)nn2)cc1. The van der Waals surface area contributed by atoms with Crippen molar-refractivity contribution in [2.45, 2.75) is 13.8 Å². The van der Waals surface area contributed by atoms with Crippen molar-refractivity contribution < 1.29 is 9.53 Å². The van der Waals surface area contributed by atoms with Crippen LogP contribution < -0.4 is 15.4 Å². The first-order valence-electron chi connectivity index (χ1n) is 8.19. The predicted octanol–water partition coefficient (Wildman–Crippen LogP) is 4.10. The van der Waals surface area contributed by atoms with E-state index in [2.05, 4.69) is 20.8 Å². The van der Waals surface area contributed by atoms with Crippen LogP contribution in [0.5, 0.6) is 5.75 Å². The van der Waals surface area contributed by atoms with Crippen molar-refractivity contribution in [3.05, 3.63) is 71.4 Å². The predicted molar refractivity (Wildman–Crippen MR) is 102 cm³/mol. The molecule has 0 unspecified atom stereocenters. The Labute approximate surface area is 152 Å². The maximum atomic E-state index is 12.4. The van der Waals surface area contributed by atoms with Gasteiger partial charge in [0.2, 0.25) is 0 Å². The number of amides is 1. The van der Waals surface area contributed by atoms with E-state index in [4.69, 9.17) is 4.74 Å². The quantitative estimate of drug-likeness (QED) is 0.726. The summed E-state index contributed by atoms with van der Waals surface area (Å²) in [5, 5.41) is 14.1. The molecule has 1 aromatic heterocycles. The second-order valence-electron chi connectivity index (χ2n) is 5.86. The first-order valence-corrected chi connectivity index (χ1v) is 8.19. The normalized spacial score (nSPS) is 10.3. The van der Waals surface area contributed by atoms with Crippen LogP contribution >= 0.6 is 0 Å². The largest absolute Gasteiger partial charge is 0.497 e. The van der Waals surface area contributed by atoms with E-state index in [1.807, 2.05) is 56.3 Å². The van der Waals surface area contributed by atoms with Crippen molar-refractivity contribution >= 4 is 23.1 Å². The third-order valence-electron chi connectivity index (χ3n) is 4.11. The fourth-order valence-corrected chi connectivity index (χ4v) is 2.42. The Kier molecular flexibility index (Phi) is 5.12. The molecule has 2 N–H and O–H groups in total. The molecule has 0 spiro atoms. The van der Waals surface area contributed by atoms with Gasteiger partial charge in [0.15, 0.2) is 11.5 Å². The van der Waals surface area contributed by atoms with Gasteiger partial charge in [-0.05, 0) is 67.4 Å². The first kappa shape index (κ1) is 17.4. The van der Waals surface area contributed by atoms with Crippen LogP contribution in [0.15, 0.2) is 54.6 Å². The number of benzene rings is 2. The molecule has 0 aliphatic carbocycles. The van der Waals surface area contributed by atoms with E-state index in [1.165, 1.54) is 0 Å². The zero-order chi connectivity index (χ0) is 18.5. The summed E-state index contributed by atoms with van der Waals surface area (Å²) in [6.07, 6.45) is 0. The Morgan fingerprint density at radius 1 is 0.962 bits per heavy atom. The standard InChI is InChI=1S/C20H20N4O2/c1-13-5-4-6-17(14(13)2)22-20(25)18-11-12-19(24-23-18)21-15-7-9-16(26-3)10-8-15/h4-12H,1-3H3,(H,21,24)(H,22,25). The van der Waals surface area contributed by atoms with E-state index in [0.29, 0.717) is 5.82 Å². The molecule has 0 saturated heterocycles. The highest BCUT2D eigenvalue weighted by atomic mass is 16.5. The lowest BCUT2D eigenvalue weighted by Gasteiger charge is -2.10. The van der Waals surface area contributed by atoms with Crippen molar-refractivity contribution in [2.24, 2.45) is 0 Å².